The van der Waals surface area contributed by atoms with E-state index in [2.05, 4.69) is 15.5 Å². The summed E-state index contributed by atoms with van der Waals surface area (Å²) in [7, 11) is 0. The van der Waals surface area contributed by atoms with E-state index in [0.717, 1.165) is 12.8 Å². The number of amides is 1. The van der Waals surface area contributed by atoms with Gasteiger partial charge in [0.1, 0.15) is 6.04 Å². The van der Waals surface area contributed by atoms with E-state index >= 15 is 0 Å². The number of halogens is 3. The number of nitrogens with zero attached hydrogens (tertiary/aromatic N) is 3. The van der Waals surface area contributed by atoms with Gasteiger partial charge in [0, 0.05) is 13.1 Å². The average molecular weight is 294 g/mol. The van der Waals surface area contributed by atoms with Gasteiger partial charge >= 0.3 is 6.18 Å². The van der Waals surface area contributed by atoms with Crippen LogP contribution in [0.2, 0.25) is 0 Å². The molecule has 1 amide bonds. The third kappa shape index (κ3) is 3.34. The van der Waals surface area contributed by atoms with Gasteiger partial charge in [-0.1, -0.05) is 11.3 Å². The zero-order valence-electron chi connectivity index (χ0n) is 10.2. The van der Waals surface area contributed by atoms with Gasteiger partial charge < -0.3 is 10.2 Å². The van der Waals surface area contributed by atoms with E-state index in [9.17, 15) is 18.0 Å². The molecule has 2 rings (SSSR count). The Hall–Kier alpha value is -1.38. The molecule has 0 bridgehead atoms. The summed E-state index contributed by atoms with van der Waals surface area (Å²) in [4.78, 5) is 13.6. The van der Waals surface area contributed by atoms with Gasteiger partial charge in [0.2, 0.25) is 16.0 Å². The second-order valence-electron chi connectivity index (χ2n) is 4.31. The van der Waals surface area contributed by atoms with Crippen molar-refractivity contribution in [3.8, 4) is 0 Å². The maximum absolute atomic E-state index is 12.3. The molecule has 1 unspecified atom stereocenters. The van der Waals surface area contributed by atoms with Crippen LogP contribution in [0.5, 0.6) is 0 Å². The highest BCUT2D eigenvalue weighted by Gasteiger charge is 2.36. The molecule has 1 atom stereocenters. The SMILES string of the molecule is CC(Nc1nnc(C(F)(F)F)s1)C(=O)N1CCCC1. The Morgan fingerprint density at radius 2 is 2.00 bits per heavy atom. The fourth-order valence-corrected chi connectivity index (χ4v) is 2.55. The number of anilines is 1. The Morgan fingerprint density at radius 3 is 2.53 bits per heavy atom. The third-order valence-electron chi connectivity index (χ3n) is 2.80. The highest BCUT2D eigenvalue weighted by molar-refractivity contribution is 7.15. The number of alkyl halides is 3. The molecule has 0 radical (unpaired) electrons. The topological polar surface area (TPSA) is 58.1 Å². The molecule has 0 aliphatic carbocycles. The van der Waals surface area contributed by atoms with Crippen LogP contribution in [-0.2, 0) is 11.0 Å². The molecule has 1 N–H and O–H groups in total. The lowest BCUT2D eigenvalue weighted by atomic mass is 10.3. The van der Waals surface area contributed by atoms with Crippen molar-refractivity contribution < 1.29 is 18.0 Å². The van der Waals surface area contributed by atoms with E-state index in [1.807, 2.05) is 0 Å². The van der Waals surface area contributed by atoms with Crippen LogP contribution >= 0.6 is 11.3 Å². The Bertz CT molecular complexity index is 456. The lowest BCUT2D eigenvalue weighted by Gasteiger charge is -2.20. The summed E-state index contributed by atoms with van der Waals surface area (Å²) in [6, 6.07) is -0.605. The van der Waals surface area contributed by atoms with Crippen LogP contribution in [0, 0.1) is 0 Å². The van der Waals surface area contributed by atoms with Gasteiger partial charge in [-0.15, -0.1) is 10.2 Å². The number of hydrogen-bond donors (Lipinski definition) is 1. The quantitative estimate of drug-likeness (QED) is 0.926. The maximum Gasteiger partial charge on any atom is 0.445 e. The van der Waals surface area contributed by atoms with Crippen LogP contribution < -0.4 is 5.32 Å². The molecule has 1 aliphatic rings. The summed E-state index contributed by atoms with van der Waals surface area (Å²) >= 11 is 0.399. The summed E-state index contributed by atoms with van der Waals surface area (Å²) in [6.07, 6.45) is -2.56. The number of aromatic nitrogens is 2. The van der Waals surface area contributed by atoms with Crippen LogP contribution in [0.3, 0.4) is 0 Å². The molecule has 5 nitrogen and oxygen atoms in total. The van der Waals surface area contributed by atoms with Crippen molar-refractivity contribution in [1.29, 1.82) is 0 Å². The molecule has 2 heterocycles. The first-order valence-corrected chi connectivity index (χ1v) is 6.65. The normalized spacial score (nSPS) is 17.6. The highest BCUT2D eigenvalue weighted by Crippen LogP contribution is 2.33. The summed E-state index contributed by atoms with van der Waals surface area (Å²) in [5.74, 6) is -0.124. The molecule has 1 saturated heterocycles. The van der Waals surface area contributed by atoms with Gasteiger partial charge in [-0.05, 0) is 19.8 Å². The van der Waals surface area contributed by atoms with E-state index in [1.165, 1.54) is 0 Å². The van der Waals surface area contributed by atoms with Gasteiger partial charge in [0.15, 0.2) is 0 Å². The fourth-order valence-electron chi connectivity index (χ4n) is 1.85. The van der Waals surface area contributed by atoms with Gasteiger partial charge in [-0.2, -0.15) is 13.2 Å². The zero-order valence-corrected chi connectivity index (χ0v) is 11.0. The first-order valence-electron chi connectivity index (χ1n) is 5.84. The minimum Gasteiger partial charge on any atom is -0.349 e. The molecule has 1 fully saturated rings. The predicted octanol–water partition coefficient (Wildman–Crippen LogP) is 1.98. The lowest BCUT2D eigenvalue weighted by molar-refractivity contribution is -0.138. The predicted molar refractivity (Wildman–Crippen MR) is 63.8 cm³/mol. The second-order valence-corrected chi connectivity index (χ2v) is 5.29. The van der Waals surface area contributed by atoms with Crippen LogP contribution in [-0.4, -0.2) is 40.1 Å². The van der Waals surface area contributed by atoms with E-state index in [0.29, 0.717) is 24.4 Å². The number of nitrogens with one attached hydrogen (secondary N) is 1. The van der Waals surface area contributed by atoms with Crippen molar-refractivity contribution in [3.05, 3.63) is 5.01 Å². The van der Waals surface area contributed by atoms with Crippen molar-refractivity contribution in [2.75, 3.05) is 18.4 Å². The number of hydrogen-bond acceptors (Lipinski definition) is 5. The average Bonchev–Trinajstić information content (AvgIpc) is 2.97. The number of rotatable bonds is 3. The van der Waals surface area contributed by atoms with Gasteiger partial charge in [0.25, 0.3) is 0 Å². The fraction of sp³-hybridized carbons (Fsp3) is 0.700. The van der Waals surface area contributed by atoms with Crippen molar-refractivity contribution >= 4 is 22.4 Å². The number of carbonyl (C=O) groups is 1. The standard InChI is InChI=1S/C10H13F3N4OS/c1-6(7(18)17-4-2-3-5-17)14-9-16-15-8(19-9)10(11,12)13/h6H,2-5H2,1H3,(H,14,16). The van der Waals surface area contributed by atoms with Gasteiger partial charge in [0.05, 0.1) is 0 Å². The highest BCUT2D eigenvalue weighted by atomic mass is 32.1. The molecule has 19 heavy (non-hydrogen) atoms. The van der Waals surface area contributed by atoms with Crippen LogP contribution in [0.25, 0.3) is 0 Å². The molecule has 1 aliphatic heterocycles. The monoisotopic (exact) mass is 294 g/mol. The minimum atomic E-state index is -4.50. The largest absolute Gasteiger partial charge is 0.445 e. The number of carbonyl (C=O) groups excluding carboxylic acids is 1. The molecule has 9 heteroatoms. The molecular weight excluding hydrogens is 281 g/mol. The second kappa shape index (κ2) is 5.32. The van der Waals surface area contributed by atoms with Crippen LogP contribution in [0.4, 0.5) is 18.3 Å². The van der Waals surface area contributed by atoms with Crippen LogP contribution in [0.1, 0.15) is 24.8 Å². The van der Waals surface area contributed by atoms with Crippen molar-refractivity contribution in [3.63, 3.8) is 0 Å². The Morgan fingerprint density at radius 1 is 1.37 bits per heavy atom. The van der Waals surface area contributed by atoms with Gasteiger partial charge in [-0.25, -0.2) is 0 Å². The lowest BCUT2D eigenvalue weighted by Crippen LogP contribution is -2.39. The summed E-state index contributed by atoms with van der Waals surface area (Å²) < 4.78 is 37.0. The van der Waals surface area contributed by atoms with Crippen molar-refractivity contribution in [1.82, 2.24) is 15.1 Å². The smallest absolute Gasteiger partial charge is 0.349 e. The molecule has 0 spiro atoms. The van der Waals surface area contributed by atoms with Crippen LogP contribution in [0.15, 0.2) is 0 Å². The molecular formula is C10H13F3N4OS. The third-order valence-corrected chi connectivity index (χ3v) is 3.69. The molecule has 1 aromatic rings. The zero-order chi connectivity index (χ0) is 14.0. The summed E-state index contributed by atoms with van der Waals surface area (Å²) in [6.45, 7) is 3.01. The van der Waals surface area contributed by atoms with E-state index < -0.39 is 17.2 Å². The van der Waals surface area contributed by atoms with E-state index in [1.54, 1.807) is 11.8 Å². The Balaban J connectivity index is 1.96. The molecule has 0 aromatic carbocycles. The first-order chi connectivity index (χ1) is 8.88. The van der Waals surface area contributed by atoms with Crippen molar-refractivity contribution in [2.45, 2.75) is 32.0 Å². The Labute approximate surface area is 111 Å². The van der Waals surface area contributed by atoms with E-state index in [-0.39, 0.29) is 11.0 Å². The maximum atomic E-state index is 12.3. The van der Waals surface area contributed by atoms with E-state index in [4.69, 9.17) is 0 Å². The summed E-state index contributed by atoms with van der Waals surface area (Å²) in [5, 5.41) is 8.11. The van der Waals surface area contributed by atoms with Crippen molar-refractivity contribution in [2.24, 2.45) is 0 Å². The Kier molecular flexibility index (Phi) is 3.93. The molecule has 1 aromatic heterocycles. The first kappa shape index (κ1) is 14.0. The molecule has 0 saturated carbocycles. The van der Waals surface area contributed by atoms with Gasteiger partial charge in [-0.3, -0.25) is 4.79 Å². The molecule has 106 valence electrons. The number of likely N-dealkylation sites (tertiary alicyclic amines) is 1. The summed E-state index contributed by atoms with van der Waals surface area (Å²) in [5.41, 5.74) is 0. The minimum absolute atomic E-state index is 0.00683.